The maximum absolute atomic E-state index is 12.9. The zero-order chi connectivity index (χ0) is 22.3. The van der Waals surface area contributed by atoms with Crippen LogP contribution in [0.3, 0.4) is 0 Å². The Kier molecular flexibility index (Phi) is 8.21. The Morgan fingerprint density at radius 1 is 1.13 bits per heavy atom. The van der Waals surface area contributed by atoms with Crippen LogP contribution in [0, 0.1) is 24.2 Å². The Morgan fingerprint density at radius 3 is 2.33 bits per heavy atom. The number of esters is 2. The van der Waals surface area contributed by atoms with Crippen LogP contribution < -0.4 is 0 Å². The molecular weight excluding hydrogens is 380 g/mol. The first-order valence-electron chi connectivity index (χ1n) is 10.5. The van der Waals surface area contributed by atoms with E-state index in [1.165, 1.54) is 0 Å². The second-order valence-electron chi connectivity index (χ2n) is 8.92. The third-order valence-electron chi connectivity index (χ3n) is 5.24. The van der Waals surface area contributed by atoms with Crippen LogP contribution in [0.25, 0.3) is 0 Å². The van der Waals surface area contributed by atoms with E-state index >= 15 is 0 Å². The van der Waals surface area contributed by atoms with Gasteiger partial charge in [-0.25, -0.2) is 4.98 Å². The fourth-order valence-corrected chi connectivity index (χ4v) is 3.20. The Hall–Kier alpha value is -2.63. The van der Waals surface area contributed by atoms with Gasteiger partial charge in [0.1, 0.15) is 6.61 Å². The highest BCUT2D eigenvalue weighted by Crippen LogP contribution is 2.25. The molecule has 164 valence electrons. The third-order valence-corrected chi connectivity index (χ3v) is 5.24. The van der Waals surface area contributed by atoms with E-state index in [1.807, 2.05) is 70.5 Å². The Labute approximate surface area is 179 Å². The highest BCUT2D eigenvalue weighted by atomic mass is 16.5. The number of carbonyl (C=O) groups is 2. The van der Waals surface area contributed by atoms with Crippen molar-refractivity contribution in [1.82, 2.24) is 9.55 Å². The molecule has 6 nitrogen and oxygen atoms in total. The van der Waals surface area contributed by atoms with E-state index in [1.54, 1.807) is 12.5 Å². The van der Waals surface area contributed by atoms with Crippen molar-refractivity contribution in [2.75, 3.05) is 6.61 Å². The van der Waals surface area contributed by atoms with Crippen molar-refractivity contribution in [3.8, 4) is 0 Å². The summed E-state index contributed by atoms with van der Waals surface area (Å²) in [6.07, 6.45) is 4.68. The van der Waals surface area contributed by atoms with Gasteiger partial charge in [0.15, 0.2) is 0 Å². The van der Waals surface area contributed by atoms with Gasteiger partial charge in [-0.3, -0.25) is 9.59 Å². The molecule has 1 aromatic carbocycles. The van der Waals surface area contributed by atoms with Crippen molar-refractivity contribution in [3.05, 3.63) is 53.6 Å². The lowest BCUT2D eigenvalue weighted by atomic mass is 9.86. The van der Waals surface area contributed by atoms with E-state index in [0.29, 0.717) is 12.8 Å². The summed E-state index contributed by atoms with van der Waals surface area (Å²) in [5.74, 6) is -1.11. The Bertz CT molecular complexity index is 834. The second kappa shape index (κ2) is 10.4. The van der Waals surface area contributed by atoms with Gasteiger partial charge in [0, 0.05) is 24.9 Å². The summed E-state index contributed by atoms with van der Waals surface area (Å²) in [7, 11) is 1.91. The molecule has 6 heteroatoms. The van der Waals surface area contributed by atoms with Crippen molar-refractivity contribution in [1.29, 1.82) is 0 Å². The standard InChI is InChI=1S/C24H34N2O4/c1-7-21(22(27)29-14-18-10-8-17(2)9-11-18)19(12-20-13-25-16-26(20)6)15-30-23(28)24(3,4)5/h8-11,13,16,19,21H,7,12,14-15H2,1-6H3/t19-,21-/m0/s1. The van der Waals surface area contributed by atoms with Gasteiger partial charge in [0.25, 0.3) is 0 Å². The lowest BCUT2D eigenvalue weighted by Gasteiger charge is -2.26. The van der Waals surface area contributed by atoms with Crippen LogP contribution in [-0.4, -0.2) is 28.1 Å². The van der Waals surface area contributed by atoms with Gasteiger partial charge in [-0.05, 0) is 46.1 Å². The number of carbonyl (C=O) groups excluding carboxylic acids is 2. The molecule has 0 amide bonds. The molecule has 0 aliphatic rings. The lowest BCUT2D eigenvalue weighted by Crippen LogP contribution is -2.33. The molecule has 0 saturated carbocycles. The largest absolute Gasteiger partial charge is 0.465 e. The number of imidazole rings is 1. The van der Waals surface area contributed by atoms with Gasteiger partial charge in [-0.15, -0.1) is 0 Å². The van der Waals surface area contributed by atoms with E-state index < -0.39 is 5.41 Å². The van der Waals surface area contributed by atoms with E-state index in [-0.39, 0.29) is 37.0 Å². The van der Waals surface area contributed by atoms with Crippen LogP contribution in [0.4, 0.5) is 0 Å². The smallest absolute Gasteiger partial charge is 0.311 e. The van der Waals surface area contributed by atoms with E-state index in [9.17, 15) is 9.59 Å². The first-order valence-corrected chi connectivity index (χ1v) is 10.5. The van der Waals surface area contributed by atoms with Crippen molar-refractivity contribution in [3.63, 3.8) is 0 Å². The maximum atomic E-state index is 12.9. The number of ether oxygens (including phenoxy) is 2. The predicted molar refractivity (Wildman–Crippen MR) is 116 cm³/mol. The Balaban J connectivity index is 2.11. The number of aromatic nitrogens is 2. The average Bonchev–Trinajstić information content (AvgIpc) is 3.09. The molecule has 1 aromatic heterocycles. The van der Waals surface area contributed by atoms with Crippen molar-refractivity contribution >= 4 is 11.9 Å². The number of aryl methyl sites for hydroxylation is 2. The highest BCUT2D eigenvalue weighted by Gasteiger charge is 2.32. The van der Waals surface area contributed by atoms with Gasteiger partial charge in [0.05, 0.1) is 24.3 Å². The van der Waals surface area contributed by atoms with Crippen molar-refractivity contribution < 1.29 is 19.1 Å². The van der Waals surface area contributed by atoms with Gasteiger partial charge in [-0.1, -0.05) is 36.8 Å². The summed E-state index contributed by atoms with van der Waals surface area (Å²) < 4.78 is 13.1. The molecule has 0 saturated heterocycles. The van der Waals surface area contributed by atoms with Crippen LogP contribution in [0.1, 0.15) is 50.9 Å². The molecule has 0 spiro atoms. The zero-order valence-electron chi connectivity index (χ0n) is 19.0. The van der Waals surface area contributed by atoms with Gasteiger partial charge in [0.2, 0.25) is 0 Å². The Morgan fingerprint density at radius 2 is 1.80 bits per heavy atom. The van der Waals surface area contributed by atoms with E-state index in [4.69, 9.17) is 9.47 Å². The quantitative estimate of drug-likeness (QED) is 0.574. The monoisotopic (exact) mass is 414 g/mol. The molecule has 2 rings (SSSR count). The minimum absolute atomic E-state index is 0.166. The number of hydrogen-bond acceptors (Lipinski definition) is 5. The van der Waals surface area contributed by atoms with E-state index in [0.717, 1.165) is 16.8 Å². The topological polar surface area (TPSA) is 70.4 Å². The molecule has 0 bridgehead atoms. The molecule has 0 N–H and O–H groups in total. The summed E-state index contributed by atoms with van der Waals surface area (Å²) in [6, 6.07) is 7.92. The minimum atomic E-state index is -0.593. The molecule has 30 heavy (non-hydrogen) atoms. The SMILES string of the molecule is CC[C@H](C(=O)OCc1ccc(C)cc1)[C@H](COC(=O)C(C)(C)C)Cc1cncn1C. The fourth-order valence-electron chi connectivity index (χ4n) is 3.20. The van der Waals surface area contributed by atoms with E-state index in [2.05, 4.69) is 4.98 Å². The first-order chi connectivity index (χ1) is 14.1. The van der Waals surface area contributed by atoms with Gasteiger partial charge >= 0.3 is 11.9 Å². The number of benzene rings is 1. The maximum Gasteiger partial charge on any atom is 0.311 e. The van der Waals surface area contributed by atoms with Crippen LogP contribution in [0.5, 0.6) is 0 Å². The van der Waals surface area contributed by atoms with Crippen LogP contribution in [0.15, 0.2) is 36.8 Å². The molecule has 2 aromatic rings. The average molecular weight is 415 g/mol. The molecule has 0 radical (unpaired) electrons. The summed E-state index contributed by atoms with van der Waals surface area (Å²) in [6.45, 7) is 9.83. The molecule has 0 unspecified atom stereocenters. The second-order valence-corrected chi connectivity index (χ2v) is 8.92. The van der Waals surface area contributed by atoms with Gasteiger partial charge < -0.3 is 14.0 Å². The van der Waals surface area contributed by atoms with Crippen molar-refractivity contribution in [2.45, 2.75) is 54.1 Å². The van der Waals surface area contributed by atoms with Crippen LogP contribution in [0.2, 0.25) is 0 Å². The molecule has 0 fully saturated rings. The highest BCUT2D eigenvalue weighted by molar-refractivity contribution is 5.75. The minimum Gasteiger partial charge on any atom is -0.465 e. The summed E-state index contributed by atoms with van der Waals surface area (Å²) in [5.41, 5.74) is 2.50. The number of rotatable bonds is 9. The summed E-state index contributed by atoms with van der Waals surface area (Å²) in [5, 5.41) is 0. The predicted octanol–water partition coefficient (Wildman–Crippen LogP) is 4.25. The normalized spacial score (nSPS) is 13.5. The zero-order valence-corrected chi connectivity index (χ0v) is 19.0. The number of hydrogen-bond donors (Lipinski definition) is 0. The number of nitrogens with zero attached hydrogens (tertiary/aromatic N) is 2. The third kappa shape index (κ3) is 6.71. The van der Waals surface area contributed by atoms with Gasteiger partial charge in [-0.2, -0.15) is 0 Å². The summed E-state index contributed by atoms with van der Waals surface area (Å²) >= 11 is 0. The van der Waals surface area contributed by atoms with Crippen LogP contribution in [-0.2, 0) is 39.1 Å². The molecular formula is C24H34N2O4. The van der Waals surface area contributed by atoms with Crippen LogP contribution >= 0.6 is 0 Å². The molecule has 0 aliphatic heterocycles. The molecule has 1 heterocycles. The van der Waals surface area contributed by atoms with Crippen molar-refractivity contribution in [2.24, 2.45) is 24.3 Å². The first kappa shape index (κ1) is 23.6. The molecule has 0 aliphatic carbocycles. The summed E-state index contributed by atoms with van der Waals surface area (Å²) in [4.78, 5) is 29.4. The lowest BCUT2D eigenvalue weighted by molar-refractivity contribution is -0.160. The molecule has 2 atom stereocenters. The fraction of sp³-hybridized carbons (Fsp3) is 0.542.